The Bertz CT molecular complexity index is 1280. The predicted octanol–water partition coefficient (Wildman–Crippen LogP) is 10.5. The zero-order valence-corrected chi connectivity index (χ0v) is 28.9. The molecule has 0 unspecified atom stereocenters. The Morgan fingerprint density at radius 3 is 2.34 bits per heavy atom. The minimum atomic E-state index is -0.197. The molecule has 0 bridgehead atoms. The van der Waals surface area contributed by atoms with E-state index in [4.69, 9.17) is 5.26 Å². The third-order valence-electron chi connectivity index (χ3n) is 7.58. The summed E-state index contributed by atoms with van der Waals surface area (Å²) in [6.45, 7) is 21.5. The van der Waals surface area contributed by atoms with Crippen LogP contribution in [0.4, 0.5) is 4.39 Å². The number of hydrogen-bond donors (Lipinski definition) is 1. The quantitative estimate of drug-likeness (QED) is 0.156. The first-order valence-corrected chi connectivity index (χ1v) is 16.5. The van der Waals surface area contributed by atoms with E-state index in [1.54, 1.807) is 6.07 Å². The summed E-state index contributed by atoms with van der Waals surface area (Å²) in [5.74, 6) is -0.197. The zero-order valence-electron chi connectivity index (χ0n) is 28.9. The van der Waals surface area contributed by atoms with Crippen molar-refractivity contribution >= 4 is 11.3 Å². The lowest BCUT2D eigenvalue weighted by Gasteiger charge is -2.37. The molecule has 240 valence electrons. The predicted molar refractivity (Wildman–Crippen MR) is 190 cm³/mol. The van der Waals surface area contributed by atoms with E-state index < -0.39 is 0 Å². The molecule has 2 aliphatic rings. The largest absolute Gasteiger partial charge is 0.371 e. The van der Waals surface area contributed by atoms with E-state index in [0.29, 0.717) is 5.56 Å². The minimum absolute atomic E-state index is 0.197. The summed E-state index contributed by atoms with van der Waals surface area (Å²) in [4.78, 5) is 7.13. The smallest absolute Gasteiger partial charge is 0.131 e. The molecule has 1 N–H and O–H groups in total. The van der Waals surface area contributed by atoms with Gasteiger partial charge in [-0.3, -0.25) is 4.99 Å². The van der Waals surface area contributed by atoms with Crippen LogP contribution < -0.4 is 5.32 Å². The van der Waals surface area contributed by atoms with Crippen molar-refractivity contribution in [3.63, 3.8) is 0 Å². The maximum absolute atomic E-state index is 14.7. The van der Waals surface area contributed by atoms with Crippen LogP contribution in [0.5, 0.6) is 0 Å². The number of hydrogen-bond acceptors (Lipinski definition) is 4. The molecular weight excluding hydrogens is 543 g/mol. The van der Waals surface area contributed by atoms with Gasteiger partial charge in [-0.15, -0.1) is 0 Å². The topological polar surface area (TPSA) is 51.4 Å². The van der Waals surface area contributed by atoms with Gasteiger partial charge in [0.05, 0.1) is 11.6 Å². The number of nitriles is 1. The molecule has 1 aromatic rings. The molecule has 1 aromatic carbocycles. The van der Waals surface area contributed by atoms with E-state index in [9.17, 15) is 4.39 Å². The Kier molecular flexibility index (Phi) is 18.6. The van der Waals surface area contributed by atoms with Crippen LogP contribution in [0.1, 0.15) is 106 Å². The lowest BCUT2D eigenvalue weighted by Crippen LogP contribution is -2.51. The van der Waals surface area contributed by atoms with Gasteiger partial charge in [0.2, 0.25) is 0 Å². The second-order valence-corrected chi connectivity index (χ2v) is 11.1. The van der Waals surface area contributed by atoms with Crippen molar-refractivity contribution in [1.29, 1.82) is 5.26 Å². The molecule has 2 fully saturated rings. The summed E-state index contributed by atoms with van der Waals surface area (Å²) in [5.41, 5.74) is 6.95. The van der Waals surface area contributed by atoms with Crippen LogP contribution in [0.15, 0.2) is 94.3 Å². The van der Waals surface area contributed by atoms with E-state index in [0.717, 1.165) is 67.7 Å². The molecule has 0 aromatic heterocycles. The molecule has 1 spiro atoms. The van der Waals surface area contributed by atoms with Gasteiger partial charge in [-0.05, 0) is 83.6 Å². The molecule has 1 aliphatic carbocycles. The van der Waals surface area contributed by atoms with Gasteiger partial charge in [0, 0.05) is 53.9 Å². The highest BCUT2D eigenvalue weighted by Crippen LogP contribution is 2.39. The summed E-state index contributed by atoms with van der Waals surface area (Å²) >= 11 is 0. The summed E-state index contributed by atoms with van der Waals surface area (Å²) < 4.78 is 14.7. The van der Waals surface area contributed by atoms with Gasteiger partial charge in [0.15, 0.2) is 0 Å². The van der Waals surface area contributed by atoms with Crippen LogP contribution in [-0.2, 0) is 0 Å². The van der Waals surface area contributed by atoms with Crippen LogP contribution in [0.2, 0.25) is 0 Å². The first-order valence-electron chi connectivity index (χ1n) is 16.5. The van der Waals surface area contributed by atoms with Gasteiger partial charge in [-0.1, -0.05) is 89.1 Å². The highest BCUT2D eigenvalue weighted by atomic mass is 19.1. The Morgan fingerprint density at radius 2 is 1.77 bits per heavy atom. The Balaban J connectivity index is 0.000000513. The number of aliphatic imine (C=N–C) groups is 1. The molecule has 1 heterocycles. The van der Waals surface area contributed by atoms with Crippen LogP contribution in [0.3, 0.4) is 0 Å². The van der Waals surface area contributed by atoms with Crippen molar-refractivity contribution in [3.8, 4) is 6.07 Å². The number of rotatable bonds is 11. The SMILES string of the molecule is CC.CC/C=C/C=C(C#N)\C=C(/C)CCC.C\C=C(C(/C(C)=N/C=C/CC)=C(/C)N1CCNC2(CC2)C1)\c1ccccc1F. The number of nitrogens with zero attached hydrogens (tertiary/aromatic N) is 3. The number of allylic oxidation sites excluding steroid dienone is 11. The average Bonchev–Trinajstić information content (AvgIpc) is 3.78. The fourth-order valence-corrected chi connectivity index (χ4v) is 5.14. The van der Waals surface area contributed by atoms with E-state index >= 15 is 0 Å². The van der Waals surface area contributed by atoms with Crippen molar-refractivity contribution in [2.75, 3.05) is 19.6 Å². The van der Waals surface area contributed by atoms with Crippen LogP contribution in [0.25, 0.3) is 5.57 Å². The molecule has 0 atom stereocenters. The lowest BCUT2D eigenvalue weighted by molar-refractivity contribution is 0.234. The van der Waals surface area contributed by atoms with Crippen LogP contribution in [-0.4, -0.2) is 35.8 Å². The highest BCUT2D eigenvalue weighted by molar-refractivity contribution is 6.12. The molecule has 4 nitrogen and oxygen atoms in total. The second-order valence-electron chi connectivity index (χ2n) is 11.1. The molecule has 0 amide bonds. The van der Waals surface area contributed by atoms with Crippen molar-refractivity contribution in [2.45, 2.75) is 106 Å². The summed E-state index contributed by atoms with van der Waals surface area (Å²) in [6, 6.07) is 9.19. The monoisotopic (exact) mass is 600 g/mol. The number of benzene rings is 1. The van der Waals surface area contributed by atoms with Crippen molar-refractivity contribution in [2.24, 2.45) is 4.99 Å². The Hall–Kier alpha value is -3.49. The highest BCUT2D eigenvalue weighted by Gasteiger charge is 2.45. The fourth-order valence-electron chi connectivity index (χ4n) is 5.14. The maximum Gasteiger partial charge on any atom is 0.131 e. The third-order valence-corrected chi connectivity index (χ3v) is 7.58. The lowest BCUT2D eigenvalue weighted by atomic mass is 9.92. The average molecular weight is 601 g/mol. The van der Waals surface area contributed by atoms with Crippen LogP contribution >= 0.6 is 0 Å². The van der Waals surface area contributed by atoms with Gasteiger partial charge in [0.1, 0.15) is 5.82 Å². The Labute approximate surface area is 268 Å². The standard InChI is InChI=1S/C24H32FN3.C13H19N.C2H6/c1-5-7-14-26-18(3)23(20(6-2)21-10-8-9-11-22(21)25)19(4)28-16-15-27-24(17-28)12-13-24;1-4-6-7-9-13(11-14)10-12(3)8-5-2;1-2/h6-11,14,27H,5,12-13,15-17H2,1-4H3;6-7,9-10H,4-5,8H2,1-3H3;1-2H3/b14-7+,20-6-,23-19-,26-18+;7-6+,12-10+,13-9+;. The van der Waals surface area contributed by atoms with Crippen LogP contribution in [0, 0.1) is 17.1 Å². The second kappa shape index (κ2) is 21.3. The van der Waals surface area contributed by atoms with E-state index in [-0.39, 0.29) is 11.4 Å². The van der Waals surface area contributed by atoms with E-state index in [2.05, 4.69) is 55.9 Å². The summed E-state index contributed by atoms with van der Waals surface area (Å²) in [6.07, 6.45) is 20.3. The van der Waals surface area contributed by atoms with Gasteiger partial charge in [-0.25, -0.2) is 4.39 Å². The van der Waals surface area contributed by atoms with Gasteiger partial charge >= 0.3 is 0 Å². The maximum atomic E-state index is 14.7. The molecule has 5 heteroatoms. The van der Waals surface area contributed by atoms with Crippen molar-refractivity contribution in [3.05, 3.63) is 101 Å². The number of nitrogens with one attached hydrogen (secondary N) is 1. The fraction of sp³-hybridized carbons (Fsp3) is 0.487. The zero-order chi connectivity index (χ0) is 33.0. The summed E-state index contributed by atoms with van der Waals surface area (Å²) in [5, 5.41) is 12.5. The van der Waals surface area contributed by atoms with Gasteiger partial charge in [-0.2, -0.15) is 5.26 Å². The minimum Gasteiger partial charge on any atom is -0.371 e. The molecule has 1 saturated carbocycles. The van der Waals surface area contributed by atoms with Crippen molar-refractivity contribution in [1.82, 2.24) is 10.2 Å². The Morgan fingerprint density at radius 1 is 1.09 bits per heavy atom. The molecular formula is C39H57FN4. The van der Waals surface area contributed by atoms with Gasteiger partial charge in [0.25, 0.3) is 0 Å². The first kappa shape index (κ1) is 38.5. The molecule has 0 radical (unpaired) electrons. The molecule has 1 saturated heterocycles. The normalized spacial score (nSPS) is 17.5. The summed E-state index contributed by atoms with van der Waals surface area (Å²) in [7, 11) is 0. The molecule has 1 aliphatic heterocycles. The molecule has 44 heavy (non-hydrogen) atoms. The number of halogens is 1. The van der Waals surface area contributed by atoms with E-state index in [1.165, 1.54) is 30.2 Å². The first-order chi connectivity index (χ1) is 21.2. The van der Waals surface area contributed by atoms with Crippen molar-refractivity contribution < 1.29 is 4.39 Å². The van der Waals surface area contributed by atoms with Gasteiger partial charge < -0.3 is 10.2 Å². The number of piperazine rings is 1. The molecule has 3 rings (SSSR count). The third kappa shape index (κ3) is 12.6. The van der Waals surface area contributed by atoms with E-state index in [1.807, 2.05) is 82.5 Å².